The van der Waals surface area contributed by atoms with Crippen molar-refractivity contribution >= 4 is 12.0 Å². The van der Waals surface area contributed by atoms with Gasteiger partial charge in [0.2, 0.25) is 0 Å². The highest BCUT2D eigenvalue weighted by molar-refractivity contribution is 5.83. The second-order valence-electron chi connectivity index (χ2n) is 5.46. The molecule has 1 heterocycles. The molecule has 2 amide bonds. The Balaban J connectivity index is 2.08. The maximum atomic E-state index is 12.4. The van der Waals surface area contributed by atoms with Crippen molar-refractivity contribution in [1.82, 2.24) is 9.80 Å². The average molecular weight is 292 g/mol. The molecule has 1 aromatic carbocycles. The van der Waals surface area contributed by atoms with Crippen LogP contribution in [-0.2, 0) is 11.3 Å². The maximum Gasteiger partial charge on any atom is 0.326 e. The van der Waals surface area contributed by atoms with Crippen LogP contribution in [0, 0.1) is 6.92 Å². The van der Waals surface area contributed by atoms with Crippen LogP contribution in [0.4, 0.5) is 4.79 Å². The molecule has 0 radical (unpaired) electrons. The minimum Gasteiger partial charge on any atom is -0.480 e. The number of nitrogens with zero attached hydrogens (tertiary/aromatic N) is 2. The molecule has 2 rings (SSSR count). The van der Waals surface area contributed by atoms with Gasteiger partial charge in [0, 0.05) is 26.6 Å². The fraction of sp³-hybridized carbons (Fsp3) is 0.467. The van der Waals surface area contributed by atoms with Gasteiger partial charge in [0.05, 0.1) is 6.10 Å². The zero-order valence-corrected chi connectivity index (χ0v) is 12.2. The van der Waals surface area contributed by atoms with E-state index >= 15 is 0 Å². The Morgan fingerprint density at radius 1 is 1.38 bits per heavy atom. The second-order valence-corrected chi connectivity index (χ2v) is 5.46. The fourth-order valence-corrected chi connectivity index (χ4v) is 2.59. The molecular formula is C15H20N2O4. The van der Waals surface area contributed by atoms with Crippen LogP contribution in [0.1, 0.15) is 17.5 Å². The van der Waals surface area contributed by atoms with Crippen molar-refractivity contribution in [2.75, 3.05) is 13.6 Å². The highest BCUT2D eigenvalue weighted by atomic mass is 16.4. The second kappa shape index (κ2) is 6.13. The van der Waals surface area contributed by atoms with E-state index in [2.05, 4.69) is 0 Å². The van der Waals surface area contributed by atoms with Gasteiger partial charge in [-0.3, -0.25) is 0 Å². The molecule has 1 aromatic rings. The molecule has 1 aliphatic heterocycles. The predicted octanol–water partition coefficient (Wildman–Crippen LogP) is 1.07. The molecule has 6 heteroatoms. The zero-order valence-electron chi connectivity index (χ0n) is 12.2. The Labute approximate surface area is 123 Å². The number of aliphatic hydroxyl groups excluding tert-OH is 1. The largest absolute Gasteiger partial charge is 0.480 e. The minimum atomic E-state index is -1.08. The molecular weight excluding hydrogens is 272 g/mol. The van der Waals surface area contributed by atoms with Gasteiger partial charge in [-0.15, -0.1) is 0 Å². The number of likely N-dealkylation sites (tertiary alicyclic amines) is 1. The van der Waals surface area contributed by atoms with E-state index in [1.807, 2.05) is 31.2 Å². The number of aliphatic carboxylic acids is 1. The first kappa shape index (κ1) is 15.3. The number of rotatable bonds is 3. The Bertz CT molecular complexity index is 546. The van der Waals surface area contributed by atoms with Gasteiger partial charge in [0.1, 0.15) is 6.04 Å². The van der Waals surface area contributed by atoms with E-state index in [0.29, 0.717) is 6.54 Å². The highest BCUT2D eigenvalue weighted by Crippen LogP contribution is 2.20. The van der Waals surface area contributed by atoms with Crippen molar-refractivity contribution in [3.63, 3.8) is 0 Å². The molecule has 1 saturated heterocycles. The summed E-state index contributed by atoms with van der Waals surface area (Å²) in [7, 11) is 1.64. The van der Waals surface area contributed by atoms with Crippen LogP contribution in [0.5, 0.6) is 0 Å². The summed E-state index contributed by atoms with van der Waals surface area (Å²) in [5.41, 5.74) is 2.09. The van der Waals surface area contributed by atoms with Crippen LogP contribution < -0.4 is 0 Å². The maximum absolute atomic E-state index is 12.4. The molecule has 0 bridgehead atoms. The minimum absolute atomic E-state index is 0.0634. The first-order valence-electron chi connectivity index (χ1n) is 6.87. The van der Waals surface area contributed by atoms with Crippen LogP contribution in [-0.4, -0.2) is 57.8 Å². The van der Waals surface area contributed by atoms with E-state index < -0.39 is 18.1 Å². The smallest absolute Gasteiger partial charge is 0.326 e. The fourth-order valence-electron chi connectivity index (χ4n) is 2.59. The molecule has 0 saturated carbocycles. The Morgan fingerprint density at radius 2 is 2.05 bits per heavy atom. The molecule has 1 fully saturated rings. The number of hydrogen-bond donors (Lipinski definition) is 2. The van der Waals surface area contributed by atoms with Gasteiger partial charge in [-0.25, -0.2) is 9.59 Å². The van der Waals surface area contributed by atoms with E-state index in [-0.39, 0.29) is 19.0 Å². The lowest BCUT2D eigenvalue weighted by Gasteiger charge is -2.27. The third-order valence-corrected chi connectivity index (χ3v) is 3.81. The number of benzene rings is 1. The number of β-amino-alcohol motifs (C(OH)–C–C–N with tert-alkyl or cyclic N) is 1. The summed E-state index contributed by atoms with van der Waals surface area (Å²) in [6, 6.07) is 6.41. The van der Waals surface area contributed by atoms with Crippen LogP contribution in [0.25, 0.3) is 0 Å². The lowest BCUT2D eigenvalue weighted by atomic mass is 10.1. The first-order chi connectivity index (χ1) is 9.90. The number of hydrogen-bond acceptors (Lipinski definition) is 3. The van der Waals surface area contributed by atoms with Gasteiger partial charge in [0.15, 0.2) is 0 Å². The third-order valence-electron chi connectivity index (χ3n) is 3.81. The van der Waals surface area contributed by atoms with Gasteiger partial charge >= 0.3 is 12.0 Å². The summed E-state index contributed by atoms with van der Waals surface area (Å²) < 4.78 is 0. The van der Waals surface area contributed by atoms with Gasteiger partial charge < -0.3 is 20.0 Å². The molecule has 1 aliphatic rings. The van der Waals surface area contributed by atoms with E-state index in [0.717, 1.165) is 11.1 Å². The highest BCUT2D eigenvalue weighted by Gasteiger charge is 2.40. The number of carbonyl (C=O) groups is 2. The summed E-state index contributed by atoms with van der Waals surface area (Å²) in [6.45, 7) is 2.44. The SMILES string of the molecule is Cc1ccccc1CN(C)C(=O)N1C[C@H](O)C[C@H]1C(=O)O. The number of urea groups is 1. The number of carboxylic acids is 1. The molecule has 2 N–H and O–H groups in total. The molecule has 6 nitrogen and oxygen atoms in total. The first-order valence-corrected chi connectivity index (χ1v) is 6.87. The van der Waals surface area contributed by atoms with Gasteiger partial charge in [-0.05, 0) is 18.1 Å². The Hall–Kier alpha value is -2.08. The van der Waals surface area contributed by atoms with Crippen molar-refractivity contribution in [3.05, 3.63) is 35.4 Å². The van der Waals surface area contributed by atoms with E-state index in [9.17, 15) is 14.7 Å². The molecule has 0 aliphatic carbocycles. The van der Waals surface area contributed by atoms with Gasteiger partial charge in [-0.2, -0.15) is 0 Å². The summed E-state index contributed by atoms with van der Waals surface area (Å²) in [6.07, 6.45) is -0.693. The summed E-state index contributed by atoms with van der Waals surface area (Å²) in [4.78, 5) is 26.3. The topological polar surface area (TPSA) is 81.1 Å². The quantitative estimate of drug-likeness (QED) is 0.873. The number of aryl methyl sites for hydroxylation is 1. The number of aliphatic hydroxyl groups is 1. The van der Waals surface area contributed by atoms with Crippen molar-refractivity contribution in [1.29, 1.82) is 0 Å². The number of amides is 2. The van der Waals surface area contributed by atoms with Crippen LogP contribution in [0.15, 0.2) is 24.3 Å². The van der Waals surface area contributed by atoms with Gasteiger partial charge in [0.25, 0.3) is 0 Å². The predicted molar refractivity (Wildman–Crippen MR) is 76.8 cm³/mol. The third kappa shape index (κ3) is 3.33. The zero-order chi connectivity index (χ0) is 15.6. The standard InChI is InChI=1S/C15H20N2O4/c1-10-5-3-4-6-11(10)8-16(2)15(21)17-9-12(18)7-13(17)14(19)20/h3-6,12-13,18H,7-9H2,1-2H3,(H,19,20)/t12-,13+/m1/s1. The van der Waals surface area contributed by atoms with E-state index in [4.69, 9.17) is 5.11 Å². The summed E-state index contributed by atoms with van der Waals surface area (Å²) >= 11 is 0. The monoisotopic (exact) mass is 292 g/mol. The Morgan fingerprint density at radius 3 is 2.67 bits per heavy atom. The van der Waals surface area contributed by atoms with Crippen LogP contribution >= 0.6 is 0 Å². The van der Waals surface area contributed by atoms with Gasteiger partial charge in [-0.1, -0.05) is 24.3 Å². The summed E-state index contributed by atoms with van der Waals surface area (Å²) in [5, 5.41) is 18.8. The lowest BCUT2D eigenvalue weighted by Crippen LogP contribution is -2.46. The van der Waals surface area contributed by atoms with Crippen LogP contribution in [0.2, 0.25) is 0 Å². The van der Waals surface area contributed by atoms with Crippen molar-refractivity contribution in [2.24, 2.45) is 0 Å². The van der Waals surface area contributed by atoms with Crippen molar-refractivity contribution < 1.29 is 19.8 Å². The molecule has 0 aromatic heterocycles. The average Bonchev–Trinajstić information content (AvgIpc) is 2.82. The number of carboxylic acid groups (broad SMARTS) is 1. The number of carbonyl (C=O) groups excluding carboxylic acids is 1. The molecule has 114 valence electrons. The van der Waals surface area contributed by atoms with Crippen molar-refractivity contribution in [2.45, 2.75) is 32.0 Å². The van der Waals surface area contributed by atoms with E-state index in [1.54, 1.807) is 7.05 Å². The normalized spacial score (nSPS) is 21.4. The molecule has 0 unspecified atom stereocenters. The van der Waals surface area contributed by atoms with Crippen LogP contribution in [0.3, 0.4) is 0 Å². The lowest BCUT2D eigenvalue weighted by molar-refractivity contribution is -0.141. The Kier molecular flexibility index (Phi) is 4.47. The molecule has 2 atom stereocenters. The summed E-state index contributed by atoms with van der Waals surface area (Å²) in [5.74, 6) is -1.08. The van der Waals surface area contributed by atoms with Crippen molar-refractivity contribution in [3.8, 4) is 0 Å². The molecule has 21 heavy (non-hydrogen) atoms. The van der Waals surface area contributed by atoms with E-state index in [1.165, 1.54) is 9.80 Å². The molecule has 0 spiro atoms.